The summed E-state index contributed by atoms with van der Waals surface area (Å²) < 4.78 is 0. The van der Waals surface area contributed by atoms with Crippen molar-refractivity contribution in [1.82, 2.24) is 4.98 Å². The molecule has 3 rings (SSSR count). The molecule has 1 aliphatic rings. The van der Waals surface area contributed by atoms with E-state index in [0.29, 0.717) is 22.3 Å². The molecule has 1 aromatic carbocycles. The number of amides is 1. The van der Waals surface area contributed by atoms with Gasteiger partial charge in [-0.3, -0.25) is 10.1 Å². The number of nitrogens with one attached hydrogen (secondary N) is 1. The van der Waals surface area contributed by atoms with Crippen molar-refractivity contribution in [2.24, 2.45) is 5.92 Å². The maximum Gasteiger partial charge on any atom is 0.257 e. The van der Waals surface area contributed by atoms with Crippen LogP contribution in [0.4, 0.5) is 10.8 Å². The number of hydrogen-bond acceptors (Lipinski definition) is 4. The van der Waals surface area contributed by atoms with Gasteiger partial charge in [0, 0.05) is 16.1 Å². The molecule has 0 bridgehead atoms. The topological polar surface area (TPSA) is 68.0 Å². The third kappa shape index (κ3) is 3.54. The van der Waals surface area contributed by atoms with Gasteiger partial charge < -0.3 is 5.73 Å². The third-order valence-corrected chi connectivity index (χ3v) is 4.61. The molecule has 1 aliphatic carbocycles. The van der Waals surface area contributed by atoms with Crippen molar-refractivity contribution in [2.75, 3.05) is 11.1 Å². The molecule has 0 fully saturated rings. The van der Waals surface area contributed by atoms with Gasteiger partial charge in [0.25, 0.3) is 5.91 Å². The molecule has 21 heavy (non-hydrogen) atoms. The van der Waals surface area contributed by atoms with Crippen LogP contribution in [0, 0.1) is 5.92 Å². The molecule has 0 spiro atoms. The molecular formula is C15H18ClN3OS. The lowest BCUT2D eigenvalue weighted by molar-refractivity contribution is 0.102. The maximum atomic E-state index is 12.1. The number of carbonyl (C=O) groups is 1. The van der Waals surface area contributed by atoms with Gasteiger partial charge in [-0.2, -0.15) is 0 Å². The number of nitrogen functional groups attached to an aromatic ring is 1. The molecule has 2 aromatic rings. The van der Waals surface area contributed by atoms with E-state index >= 15 is 0 Å². The zero-order valence-corrected chi connectivity index (χ0v) is 13.4. The number of rotatable bonds is 2. The minimum atomic E-state index is -0.135. The summed E-state index contributed by atoms with van der Waals surface area (Å²) >= 11 is 1.60. The van der Waals surface area contributed by atoms with Crippen molar-refractivity contribution in [1.29, 1.82) is 0 Å². The van der Waals surface area contributed by atoms with Crippen LogP contribution in [0.2, 0.25) is 0 Å². The Bertz CT molecular complexity index is 639. The van der Waals surface area contributed by atoms with Gasteiger partial charge in [0.05, 0.1) is 5.69 Å². The molecule has 0 saturated heterocycles. The fraction of sp³-hybridized carbons (Fsp3) is 0.333. The van der Waals surface area contributed by atoms with Gasteiger partial charge in [0.1, 0.15) is 0 Å². The van der Waals surface area contributed by atoms with E-state index in [1.165, 1.54) is 11.3 Å². The minimum Gasteiger partial charge on any atom is -0.399 e. The highest BCUT2D eigenvalue weighted by Crippen LogP contribution is 2.32. The first-order valence-corrected chi connectivity index (χ1v) is 7.59. The molecular weight excluding hydrogens is 306 g/mol. The number of carbonyl (C=O) groups excluding carboxylic acids is 1. The number of benzene rings is 1. The molecule has 4 nitrogen and oxygen atoms in total. The molecule has 6 heteroatoms. The second-order valence-corrected chi connectivity index (χ2v) is 6.40. The highest BCUT2D eigenvalue weighted by molar-refractivity contribution is 7.15. The summed E-state index contributed by atoms with van der Waals surface area (Å²) in [5, 5.41) is 3.58. The Morgan fingerprint density at radius 2 is 2.10 bits per heavy atom. The molecule has 1 amide bonds. The van der Waals surface area contributed by atoms with Gasteiger partial charge in [-0.25, -0.2) is 4.98 Å². The Labute approximate surface area is 134 Å². The molecule has 112 valence electrons. The standard InChI is InChI=1S/C15H17N3OS.ClH/c1-9-2-7-12-13(8-9)20-15(17-12)18-14(19)10-3-5-11(16)6-4-10;/h3-6,9H,2,7-8,16H2,1H3,(H,17,18,19);1H. The summed E-state index contributed by atoms with van der Waals surface area (Å²) in [5.41, 5.74) is 8.02. The average molecular weight is 324 g/mol. The van der Waals surface area contributed by atoms with E-state index < -0.39 is 0 Å². The van der Waals surface area contributed by atoms with E-state index in [1.54, 1.807) is 35.6 Å². The summed E-state index contributed by atoms with van der Waals surface area (Å²) in [6, 6.07) is 6.90. The Morgan fingerprint density at radius 3 is 2.81 bits per heavy atom. The van der Waals surface area contributed by atoms with Crippen molar-refractivity contribution in [3.63, 3.8) is 0 Å². The van der Waals surface area contributed by atoms with Crippen LogP contribution in [-0.2, 0) is 12.8 Å². The van der Waals surface area contributed by atoms with Gasteiger partial charge in [-0.1, -0.05) is 6.92 Å². The Morgan fingerprint density at radius 1 is 1.38 bits per heavy atom. The number of aromatic nitrogens is 1. The van der Waals surface area contributed by atoms with Crippen molar-refractivity contribution in [2.45, 2.75) is 26.2 Å². The van der Waals surface area contributed by atoms with Crippen molar-refractivity contribution in [3.05, 3.63) is 40.4 Å². The van der Waals surface area contributed by atoms with Crippen LogP contribution in [0.5, 0.6) is 0 Å². The third-order valence-electron chi connectivity index (χ3n) is 3.58. The lowest BCUT2D eigenvalue weighted by atomic mass is 9.93. The lowest BCUT2D eigenvalue weighted by Crippen LogP contribution is -2.12. The number of nitrogens with zero attached hydrogens (tertiary/aromatic N) is 1. The zero-order chi connectivity index (χ0) is 14.1. The molecule has 3 N–H and O–H groups in total. The quantitative estimate of drug-likeness (QED) is 0.831. The summed E-state index contributed by atoms with van der Waals surface area (Å²) in [7, 11) is 0. The van der Waals surface area contributed by atoms with E-state index in [4.69, 9.17) is 5.73 Å². The van der Waals surface area contributed by atoms with Crippen LogP contribution in [-0.4, -0.2) is 10.9 Å². The van der Waals surface area contributed by atoms with E-state index in [1.807, 2.05) is 0 Å². The average Bonchev–Trinajstić information content (AvgIpc) is 2.80. The smallest absolute Gasteiger partial charge is 0.257 e. The fourth-order valence-corrected chi connectivity index (χ4v) is 3.56. The largest absolute Gasteiger partial charge is 0.399 e. The molecule has 1 heterocycles. The van der Waals surface area contributed by atoms with Gasteiger partial charge in [0.15, 0.2) is 5.13 Å². The summed E-state index contributed by atoms with van der Waals surface area (Å²) in [6.45, 7) is 2.26. The van der Waals surface area contributed by atoms with Gasteiger partial charge >= 0.3 is 0 Å². The lowest BCUT2D eigenvalue weighted by Gasteiger charge is -2.15. The van der Waals surface area contributed by atoms with Crippen molar-refractivity contribution in [3.8, 4) is 0 Å². The van der Waals surface area contributed by atoms with Gasteiger partial charge in [0.2, 0.25) is 0 Å². The van der Waals surface area contributed by atoms with Crippen LogP contribution in [0.15, 0.2) is 24.3 Å². The van der Waals surface area contributed by atoms with Crippen LogP contribution in [0.3, 0.4) is 0 Å². The van der Waals surface area contributed by atoms with E-state index in [9.17, 15) is 4.79 Å². The number of aryl methyl sites for hydroxylation is 1. The van der Waals surface area contributed by atoms with Crippen molar-refractivity contribution < 1.29 is 4.79 Å². The SMILES string of the molecule is CC1CCc2nc(NC(=O)c3ccc(N)cc3)sc2C1.Cl. The van der Waals surface area contributed by atoms with Crippen LogP contribution >= 0.6 is 23.7 Å². The molecule has 0 radical (unpaired) electrons. The number of thiazole rings is 1. The number of nitrogens with two attached hydrogens (primary N) is 1. The Hall–Kier alpha value is -1.59. The van der Waals surface area contributed by atoms with Gasteiger partial charge in [-0.15, -0.1) is 23.7 Å². The second-order valence-electron chi connectivity index (χ2n) is 5.31. The van der Waals surface area contributed by atoms with Crippen LogP contribution < -0.4 is 11.1 Å². The molecule has 1 aromatic heterocycles. The molecule has 0 saturated carbocycles. The first-order valence-electron chi connectivity index (χ1n) is 6.77. The summed E-state index contributed by atoms with van der Waals surface area (Å²) in [4.78, 5) is 18.0. The Balaban J connectivity index is 0.00000161. The Kier molecular flexibility index (Phi) is 4.85. The molecule has 1 atom stereocenters. The monoisotopic (exact) mass is 323 g/mol. The van der Waals surface area contributed by atoms with Gasteiger partial charge in [-0.05, 0) is 49.4 Å². The maximum absolute atomic E-state index is 12.1. The number of fused-ring (bicyclic) bond motifs is 1. The highest BCUT2D eigenvalue weighted by atomic mass is 35.5. The van der Waals surface area contributed by atoms with E-state index in [-0.39, 0.29) is 18.3 Å². The predicted octanol–water partition coefficient (Wildman–Crippen LogP) is 3.52. The van der Waals surface area contributed by atoms with E-state index in [0.717, 1.165) is 18.5 Å². The summed E-state index contributed by atoms with van der Waals surface area (Å²) in [5.74, 6) is 0.577. The first-order chi connectivity index (χ1) is 9.61. The molecule has 1 unspecified atom stereocenters. The first kappa shape index (κ1) is 15.8. The second kappa shape index (κ2) is 6.45. The zero-order valence-electron chi connectivity index (χ0n) is 11.8. The highest BCUT2D eigenvalue weighted by Gasteiger charge is 2.20. The number of halogens is 1. The molecule has 0 aliphatic heterocycles. The number of hydrogen-bond donors (Lipinski definition) is 2. The van der Waals surface area contributed by atoms with Crippen molar-refractivity contribution >= 4 is 40.5 Å². The fourth-order valence-electron chi connectivity index (χ4n) is 2.40. The van der Waals surface area contributed by atoms with E-state index in [2.05, 4.69) is 17.2 Å². The normalized spacial score (nSPS) is 16.7. The predicted molar refractivity (Wildman–Crippen MR) is 89.4 cm³/mol. The van der Waals surface area contributed by atoms with Crippen LogP contribution in [0.1, 0.15) is 34.3 Å². The summed E-state index contributed by atoms with van der Waals surface area (Å²) in [6.07, 6.45) is 3.28. The van der Waals surface area contributed by atoms with Crippen LogP contribution in [0.25, 0.3) is 0 Å². The number of anilines is 2. The minimum absolute atomic E-state index is 0.